The van der Waals surface area contributed by atoms with Crippen LogP contribution in [0.5, 0.6) is 0 Å². The van der Waals surface area contributed by atoms with Gasteiger partial charge in [0.25, 0.3) is 0 Å². The summed E-state index contributed by atoms with van der Waals surface area (Å²) >= 11 is 0. The maximum absolute atomic E-state index is 13.3. The molecule has 0 spiro atoms. The number of benzene rings is 1. The van der Waals surface area contributed by atoms with Gasteiger partial charge in [0, 0.05) is 24.2 Å². The van der Waals surface area contributed by atoms with Gasteiger partial charge in [0.1, 0.15) is 11.6 Å². The molecule has 19 heavy (non-hydrogen) atoms. The van der Waals surface area contributed by atoms with E-state index in [2.05, 4.69) is 5.32 Å². The molecule has 1 saturated carbocycles. The van der Waals surface area contributed by atoms with Gasteiger partial charge in [0.05, 0.1) is 5.92 Å². The summed E-state index contributed by atoms with van der Waals surface area (Å²) in [5, 5.41) is 2.65. The molecule has 0 radical (unpaired) electrons. The molecule has 3 nitrogen and oxygen atoms in total. The highest BCUT2D eigenvalue weighted by Gasteiger charge is 2.29. The normalized spacial score (nSPS) is 21.8. The van der Waals surface area contributed by atoms with Crippen LogP contribution in [-0.4, -0.2) is 11.9 Å². The van der Waals surface area contributed by atoms with E-state index in [9.17, 15) is 13.6 Å². The summed E-state index contributed by atoms with van der Waals surface area (Å²) in [4.78, 5) is 11.8. The van der Waals surface area contributed by atoms with E-state index in [-0.39, 0.29) is 42.4 Å². The standard InChI is InChI=1S/C13H16F2N2O.ClH/c14-9-5-4-8(11(15)6-9)7-17-13(18)10-2-1-3-12(10)16;/h4-6,10,12H,1-3,7,16H2,(H,17,18);1H. The molecule has 0 saturated heterocycles. The van der Waals surface area contributed by atoms with Crippen molar-refractivity contribution in [3.8, 4) is 0 Å². The fraction of sp³-hybridized carbons (Fsp3) is 0.462. The third-order valence-corrected chi connectivity index (χ3v) is 3.37. The summed E-state index contributed by atoms with van der Waals surface area (Å²) < 4.78 is 26.0. The van der Waals surface area contributed by atoms with Gasteiger partial charge in [-0.05, 0) is 18.9 Å². The van der Waals surface area contributed by atoms with Gasteiger partial charge in [-0.1, -0.05) is 12.5 Å². The zero-order valence-corrected chi connectivity index (χ0v) is 11.2. The van der Waals surface area contributed by atoms with Crippen molar-refractivity contribution >= 4 is 18.3 Å². The molecule has 2 unspecified atom stereocenters. The second kappa shape index (κ2) is 6.82. The summed E-state index contributed by atoms with van der Waals surface area (Å²) in [5.41, 5.74) is 6.09. The summed E-state index contributed by atoms with van der Waals surface area (Å²) in [5.74, 6) is -1.61. The predicted octanol–water partition coefficient (Wildman–Crippen LogP) is 2.13. The van der Waals surface area contributed by atoms with E-state index in [0.717, 1.165) is 25.3 Å². The molecule has 0 bridgehead atoms. The SMILES string of the molecule is Cl.NC1CCCC1C(=O)NCc1ccc(F)cc1F. The van der Waals surface area contributed by atoms with E-state index < -0.39 is 11.6 Å². The zero-order valence-electron chi connectivity index (χ0n) is 10.4. The van der Waals surface area contributed by atoms with E-state index in [4.69, 9.17) is 5.73 Å². The molecule has 0 heterocycles. The molecule has 1 aromatic rings. The summed E-state index contributed by atoms with van der Waals surface area (Å²) in [7, 11) is 0. The van der Waals surface area contributed by atoms with Gasteiger partial charge in [-0.25, -0.2) is 8.78 Å². The summed E-state index contributed by atoms with van der Waals surface area (Å²) in [6.45, 7) is 0.0637. The number of hydrogen-bond acceptors (Lipinski definition) is 2. The van der Waals surface area contributed by atoms with Gasteiger partial charge < -0.3 is 11.1 Å². The first-order chi connectivity index (χ1) is 8.58. The molecule has 1 fully saturated rings. The van der Waals surface area contributed by atoms with Crippen molar-refractivity contribution in [1.29, 1.82) is 0 Å². The van der Waals surface area contributed by atoms with E-state index >= 15 is 0 Å². The van der Waals surface area contributed by atoms with E-state index in [0.29, 0.717) is 0 Å². The van der Waals surface area contributed by atoms with Gasteiger partial charge in [-0.2, -0.15) is 0 Å². The minimum atomic E-state index is -0.647. The third kappa shape index (κ3) is 3.88. The lowest BCUT2D eigenvalue weighted by Gasteiger charge is -2.15. The molecule has 3 N–H and O–H groups in total. The Balaban J connectivity index is 0.00000180. The zero-order chi connectivity index (χ0) is 13.1. The lowest BCUT2D eigenvalue weighted by molar-refractivity contribution is -0.125. The van der Waals surface area contributed by atoms with E-state index in [1.807, 2.05) is 0 Å². The third-order valence-electron chi connectivity index (χ3n) is 3.37. The molecule has 106 valence electrons. The quantitative estimate of drug-likeness (QED) is 0.896. The Kier molecular flexibility index (Phi) is 5.69. The van der Waals surface area contributed by atoms with Gasteiger partial charge >= 0.3 is 0 Å². The van der Waals surface area contributed by atoms with Crippen LogP contribution in [-0.2, 0) is 11.3 Å². The van der Waals surface area contributed by atoms with Gasteiger partial charge in [-0.3, -0.25) is 4.79 Å². The van der Waals surface area contributed by atoms with Crippen LogP contribution in [0.25, 0.3) is 0 Å². The Bertz CT molecular complexity index is 456. The Morgan fingerprint density at radius 3 is 2.68 bits per heavy atom. The summed E-state index contributed by atoms with van der Waals surface area (Å²) in [6.07, 6.45) is 2.58. The second-order valence-electron chi connectivity index (χ2n) is 4.65. The molecule has 2 rings (SSSR count). The predicted molar refractivity (Wildman–Crippen MR) is 70.8 cm³/mol. The topological polar surface area (TPSA) is 55.1 Å². The summed E-state index contributed by atoms with van der Waals surface area (Å²) in [6, 6.07) is 3.21. The maximum Gasteiger partial charge on any atom is 0.224 e. The van der Waals surface area contributed by atoms with Gasteiger partial charge in [0.2, 0.25) is 5.91 Å². The number of carbonyl (C=O) groups is 1. The number of carbonyl (C=O) groups excluding carboxylic acids is 1. The highest BCUT2D eigenvalue weighted by molar-refractivity contribution is 5.85. The highest BCUT2D eigenvalue weighted by atomic mass is 35.5. The molecule has 6 heteroatoms. The highest BCUT2D eigenvalue weighted by Crippen LogP contribution is 2.24. The van der Waals surface area contributed by atoms with Crippen molar-refractivity contribution in [2.45, 2.75) is 31.8 Å². The Labute approximate surface area is 117 Å². The molecular weight excluding hydrogens is 274 g/mol. The molecule has 0 aliphatic heterocycles. The van der Waals surface area contributed by atoms with E-state index in [1.54, 1.807) is 0 Å². The number of nitrogens with one attached hydrogen (secondary N) is 1. The Hall–Kier alpha value is -1.20. The smallest absolute Gasteiger partial charge is 0.224 e. The molecule has 1 aliphatic carbocycles. The lowest BCUT2D eigenvalue weighted by atomic mass is 10.0. The maximum atomic E-state index is 13.3. The van der Waals surface area contributed by atoms with Crippen molar-refractivity contribution in [2.75, 3.05) is 0 Å². The van der Waals surface area contributed by atoms with Crippen LogP contribution in [0.2, 0.25) is 0 Å². The molecular formula is C13H17ClF2N2O. The van der Waals surface area contributed by atoms with Crippen molar-refractivity contribution in [3.05, 3.63) is 35.4 Å². The first-order valence-corrected chi connectivity index (χ1v) is 6.05. The monoisotopic (exact) mass is 290 g/mol. The number of rotatable bonds is 3. The fourth-order valence-electron chi connectivity index (χ4n) is 2.29. The molecule has 1 aliphatic rings. The van der Waals surface area contributed by atoms with Crippen molar-refractivity contribution in [2.24, 2.45) is 11.7 Å². The first-order valence-electron chi connectivity index (χ1n) is 6.05. The number of amides is 1. The molecule has 1 aromatic carbocycles. The van der Waals surface area contributed by atoms with Crippen molar-refractivity contribution in [1.82, 2.24) is 5.32 Å². The average molecular weight is 291 g/mol. The van der Waals surface area contributed by atoms with Crippen LogP contribution in [0.15, 0.2) is 18.2 Å². The Morgan fingerprint density at radius 2 is 2.11 bits per heavy atom. The minimum absolute atomic E-state index is 0. The van der Waals surface area contributed by atoms with Crippen LogP contribution < -0.4 is 11.1 Å². The van der Waals surface area contributed by atoms with Gasteiger partial charge in [-0.15, -0.1) is 12.4 Å². The molecule has 2 atom stereocenters. The van der Waals surface area contributed by atoms with Crippen LogP contribution in [0.1, 0.15) is 24.8 Å². The van der Waals surface area contributed by atoms with Gasteiger partial charge in [0.15, 0.2) is 0 Å². The molecule has 1 amide bonds. The molecule has 0 aromatic heterocycles. The van der Waals surface area contributed by atoms with Crippen molar-refractivity contribution in [3.63, 3.8) is 0 Å². The fourth-order valence-corrected chi connectivity index (χ4v) is 2.29. The Morgan fingerprint density at radius 1 is 1.37 bits per heavy atom. The largest absolute Gasteiger partial charge is 0.352 e. The van der Waals surface area contributed by atoms with Crippen molar-refractivity contribution < 1.29 is 13.6 Å². The lowest BCUT2D eigenvalue weighted by Crippen LogP contribution is -2.38. The van der Waals surface area contributed by atoms with Crippen LogP contribution in [0, 0.1) is 17.6 Å². The van der Waals surface area contributed by atoms with Crippen LogP contribution in [0.3, 0.4) is 0 Å². The minimum Gasteiger partial charge on any atom is -0.352 e. The van der Waals surface area contributed by atoms with Crippen LogP contribution >= 0.6 is 12.4 Å². The van der Waals surface area contributed by atoms with Crippen LogP contribution in [0.4, 0.5) is 8.78 Å². The number of nitrogens with two attached hydrogens (primary N) is 1. The second-order valence-corrected chi connectivity index (χ2v) is 4.65. The van der Waals surface area contributed by atoms with E-state index in [1.165, 1.54) is 12.1 Å². The number of halogens is 3. The first kappa shape index (κ1) is 15.9. The average Bonchev–Trinajstić information content (AvgIpc) is 2.74. The number of hydrogen-bond donors (Lipinski definition) is 2.